The number of benzene rings is 3. The number of aromatic nitrogens is 3. The summed E-state index contributed by atoms with van der Waals surface area (Å²) < 4.78 is 50.8. The van der Waals surface area contributed by atoms with Gasteiger partial charge in [-0.05, 0) is 69.5 Å². The van der Waals surface area contributed by atoms with Crippen LogP contribution in [0.2, 0.25) is 0 Å². The highest BCUT2D eigenvalue weighted by Crippen LogP contribution is 2.41. The van der Waals surface area contributed by atoms with Gasteiger partial charge in [0.2, 0.25) is 11.8 Å². The second-order valence-corrected chi connectivity index (χ2v) is 13.4. The fourth-order valence-corrected chi connectivity index (χ4v) is 5.68. The van der Waals surface area contributed by atoms with E-state index in [0.717, 1.165) is 21.4 Å². The van der Waals surface area contributed by atoms with Crippen LogP contribution in [0.25, 0.3) is 27.7 Å². The summed E-state index contributed by atoms with van der Waals surface area (Å²) in [6, 6.07) is 28.4. The molecule has 0 radical (unpaired) electrons. The Balaban J connectivity index is 1.36. The van der Waals surface area contributed by atoms with E-state index in [1.54, 1.807) is 39.0 Å². The van der Waals surface area contributed by atoms with E-state index in [0.29, 0.717) is 40.7 Å². The van der Waals surface area contributed by atoms with Gasteiger partial charge in [0.1, 0.15) is 24.5 Å². The molecule has 6 rings (SSSR count). The average molecular weight is 667 g/mol. The van der Waals surface area contributed by atoms with Crippen molar-refractivity contribution in [3.05, 3.63) is 114 Å². The number of alkyl halides is 2. The van der Waals surface area contributed by atoms with E-state index in [1.807, 2.05) is 91.3 Å². The topological polar surface area (TPSA) is 78.7 Å². The van der Waals surface area contributed by atoms with Gasteiger partial charge >= 0.3 is 6.09 Å². The van der Waals surface area contributed by atoms with Gasteiger partial charge in [-0.25, -0.2) is 4.79 Å². The van der Waals surface area contributed by atoms with Crippen LogP contribution in [0.3, 0.4) is 0 Å². The third-order valence-corrected chi connectivity index (χ3v) is 8.00. The number of amides is 1. The van der Waals surface area contributed by atoms with Gasteiger partial charge in [-0.1, -0.05) is 72.8 Å². The van der Waals surface area contributed by atoms with E-state index in [9.17, 15) is 4.79 Å². The Morgan fingerprint density at radius 2 is 1.55 bits per heavy atom. The number of hydrogen-bond donors (Lipinski definition) is 0. The van der Waals surface area contributed by atoms with Crippen molar-refractivity contribution in [2.45, 2.75) is 65.4 Å². The molecule has 3 aromatic carbocycles. The van der Waals surface area contributed by atoms with E-state index in [2.05, 4.69) is 0 Å². The first kappa shape index (κ1) is 33.6. The fraction of sp³-hybridized carbons (Fsp3) is 0.308. The maximum absolute atomic E-state index is 15.6. The SMILES string of the molecule is CC(C)n1nc(-c2ccc(OCc3ccccc3)nc2OCc2ccccc2)c2ccc(C3=CCN(C(=O)OC(C)(C)C)CC3(F)F)cc21. The lowest BCUT2D eigenvalue weighted by Crippen LogP contribution is -2.46. The first-order valence-electron chi connectivity index (χ1n) is 16.3. The van der Waals surface area contributed by atoms with Gasteiger partial charge in [-0.15, -0.1) is 0 Å². The summed E-state index contributed by atoms with van der Waals surface area (Å²) in [5.41, 5.74) is 3.36. The summed E-state index contributed by atoms with van der Waals surface area (Å²) in [7, 11) is 0. The summed E-state index contributed by atoms with van der Waals surface area (Å²) in [6.45, 7) is 8.96. The normalized spacial score (nSPS) is 14.5. The van der Waals surface area contributed by atoms with Crippen molar-refractivity contribution in [1.82, 2.24) is 19.7 Å². The largest absolute Gasteiger partial charge is 0.473 e. The molecule has 0 saturated carbocycles. The van der Waals surface area contributed by atoms with Crippen LogP contribution < -0.4 is 9.47 Å². The molecule has 1 amide bonds. The quantitative estimate of drug-likeness (QED) is 0.156. The molecule has 0 unspecified atom stereocenters. The molecule has 0 bridgehead atoms. The Morgan fingerprint density at radius 3 is 2.16 bits per heavy atom. The van der Waals surface area contributed by atoms with E-state index in [1.165, 1.54) is 6.08 Å². The molecule has 0 fully saturated rings. The molecule has 0 N–H and O–H groups in total. The molecule has 49 heavy (non-hydrogen) atoms. The molecule has 254 valence electrons. The number of hydrogen-bond acceptors (Lipinski definition) is 6. The van der Waals surface area contributed by atoms with Crippen molar-refractivity contribution in [2.24, 2.45) is 0 Å². The van der Waals surface area contributed by atoms with E-state index in [4.69, 9.17) is 24.3 Å². The summed E-state index contributed by atoms with van der Waals surface area (Å²) in [5, 5.41) is 5.73. The van der Waals surface area contributed by atoms with Crippen LogP contribution in [-0.4, -0.2) is 50.4 Å². The van der Waals surface area contributed by atoms with Crippen LogP contribution in [-0.2, 0) is 18.0 Å². The summed E-state index contributed by atoms with van der Waals surface area (Å²) >= 11 is 0. The molecule has 0 spiro atoms. The molecule has 2 aromatic heterocycles. The first-order valence-corrected chi connectivity index (χ1v) is 16.3. The van der Waals surface area contributed by atoms with Crippen LogP contribution in [0.1, 0.15) is 57.4 Å². The highest BCUT2D eigenvalue weighted by Gasteiger charge is 2.42. The Hall–Kier alpha value is -5.25. The lowest BCUT2D eigenvalue weighted by molar-refractivity contribution is -0.0105. The van der Waals surface area contributed by atoms with Crippen molar-refractivity contribution >= 4 is 22.6 Å². The Labute approximate surface area is 284 Å². The Kier molecular flexibility index (Phi) is 9.41. The van der Waals surface area contributed by atoms with Gasteiger partial charge in [0.05, 0.1) is 17.6 Å². The number of ether oxygens (including phenoxy) is 3. The van der Waals surface area contributed by atoms with Gasteiger partial charge in [0, 0.05) is 29.6 Å². The minimum Gasteiger partial charge on any atom is -0.473 e. The van der Waals surface area contributed by atoms with Crippen LogP contribution in [0.4, 0.5) is 13.6 Å². The van der Waals surface area contributed by atoms with Crippen molar-refractivity contribution in [3.63, 3.8) is 0 Å². The zero-order chi connectivity index (χ0) is 34.8. The molecule has 3 heterocycles. The van der Waals surface area contributed by atoms with Crippen LogP contribution in [0, 0.1) is 0 Å². The zero-order valence-electron chi connectivity index (χ0n) is 28.3. The van der Waals surface area contributed by atoms with Crippen LogP contribution in [0.5, 0.6) is 11.8 Å². The number of carbonyl (C=O) groups is 1. The second-order valence-electron chi connectivity index (χ2n) is 13.4. The smallest absolute Gasteiger partial charge is 0.410 e. The third kappa shape index (κ3) is 7.74. The molecule has 10 heteroatoms. The standard InChI is InChI=1S/C39H40F2N4O4/c1-26(2)45-33-22-29(32-20-21-44(25-39(32,40)41)37(46)49-38(3,4)5)16-17-30(33)35(43-45)31-18-19-34(47-23-27-12-8-6-9-13-27)42-36(31)48-24-28-14-10-7-11-15-28/h6-20,22,26H,21,23-25H2,1-5H3. The van der Waals surface area contributed by atoms with Gasteiger partial charge in [0.15, 0.2) is 0 Å². The van der Waals surface area contributed by atoms with Gasteiger partial charge in [-0.2, -0.15) is 18.9 Å². The number of halogens is 2. The van der Waals surface area contributed by atoms with Crippen molar-refractivity contribution in [1.29, 1.82) is 0 Å². The number of rotatable bonds is 9. The first-order chi connectivity index (χ1) is 23.4. The van der Waals surface area contributed by atoms with E-state index in [-0.39, 0.29) is 24.8 Å². The minimum absolute atomic E-state index is 0.0129. The minimum atomic E-state index is -3.29. The average Bonchev–Trinajstić information content (AvgIpc) is 3.45. The number of pyridine rings is 1. The third-order valence-electron chi connectivity index (χ3n) is 8.00. The van der Waals surface area contributed by atoms with Gasteiger partial charge < -0.3 is 14.2 Å². The molecule has 0 atom stereocenters. The highest BCUT2D eigenvalue weighted by molar-refractivity contribution is 5.96. The highest BCUT2D eigenvalue weighted by atomic mass is 19.3. The predicted molar refractivity (Wildman–Crippen MR) is 186 cm³/mol. The monoisotopic (exact) mass is 666 g/mol. The Morgan fingerprint density at radius 1 is 0.898 bits per heavy atom. The molecule has 0 saturated heterocycles. The van der Waals surface area contributed by atoms with Crippen molar-refractivity contribution in [2.75, 3.05) is 13.1 Å². The van der Waals surface area contributed by atoms with Crippen molar-refractivity contribution < 1.29 is 27.8 Å². The molecule has 0 aliphatic carbocycles. The zero-order valence-corrected chi connectivity index (χ0v) is 28.3. The van der Waals surface area contributed by atoms with Gasteiger partial charge in [0.25, 0.3) is 5.92 Å². The maximum Gasteiger partial charge on any atom is 0.410 e. The molecule has 1 aliphatic heterocycles. The summed E-state index contributed by atoms with van der Waals surface area (Å²) in [6.07, 6.45) is 0.634. The lowest BCUT2D eigenvalue weighted by atomic mass is 9.94. The van der Waals surface area contributed by atoms with Crippen LogP contribution in [0.15, 0.2) is 97.1 Å². The van der Waals surface area contributed by atoms with Crippen LogP contribution >= 0.6 is 0 Å². The second kappa shape index (κ2) is 13.7. The number of fused-ring (bicyclic) bond motifs is 1. The van der Waals surface area contributed by atoms with E-state index >= 15 is 8.78 Å². The number of carbonyl (C=O) groups excluding carboxylic acids is 1. The predicted octanol–water partition coefficient (Wildman–Crippen LogP) is 9.11. The molecule has 1 aliphatic rings. The van der Waals surface area contributed by atoms with Gasteiger partial charge in [-0.3, -0.25) is 9.58 Å². The summed E-state index contributed by atoms with van der Waals surface area (Å²) in [4.78, 5) is 18.3. The van der Waals surface area contributed by atoms with Crippen molar-refractivity contribution in [3.8, 4) is 23.0 Å². The maximum atomic E-state index is 15.6. The molecule has 8 nitrogen and oxygen atoms in total. The number of nitrogens with zero attached hydrogens (tertiary/aromatic N) is 4. The molecule has 5 aromatic rings. The summed E-state index contributed by atoms with van der Waals surface area (Å²) in [5.74, 6) is -2.54. The van der Waals surface area contributed by atoms with E-state index < -0.39 is 24.2 Å². The molecular weight excluding hydrogens is 626 g/mol. The molecular formula is C39H40F2N4O4. The lowest BCUT2D eigenvalue weighted by Gasteiger charge is -2.34. The Bertz CT molecular complexity index is 1970. The fourth-order valence-electron chi connectivity index (χ4n) is 5.68.